The third kappa shape index (κ3) is 4.40. The molecule has 14 heavy (non-hydrogen) atoms. The highest BCUT2D eigenvalue weighted by molar-refractivity contribution is 4.80. The number of piperazine rings is 1. The zero-order chi connectivity index (χ0) is 10.6. The average Bonchev–Trinajstić information content (AvgIpc) is 2.06. The van der Waals surface area contributed by atoms with Gasteiger partial charge in [-0.05, 0) is 26.8 Å². The van der Waals surface area contributed by atoms with Crippen LogP contribution in [0.5, 0.6) is 0 Å². The number of nitrogens with two attached hydrogens (primary N) is 1. The molecule has 1 aliphatic rings. The zero-order valence-electron chi connectivity index (χ0n) is 9.92. The Morgan fingerprint density at radius 3 is 2.00 bits per heavy atom. The molecule has 0 aromatic carbocycles. The lowest BCUT2D eigenvalue weighted by Gasteiger charge is -2.37. The van der Waals surface area contributed by atoms with Crippen LogP contribution >= 0.6 is 0 Å². The SMILES string of the molecule is CCCN1CCN(CC(C)(C)N)CC1. The van der Waals surface area contributed by atoms with Crippen LogP contribution in [-0.4, -0.2) is 54.6 Å². The fourth-order valence-electron chi connectivity index (χ4n) is 2.06. The highest BCUT2D eigenvalue weighted by atomic mass is 15.3. The van der Waals surface area contributed by atoms with E-state index in [0.717, 1.165) is 6.54 Å². The van der Waals surface area contributed by atoms with E-state index >= 15 is 0 Å². The van der Waals surface area contributed by atoms with Crippen molar-refractivity contribution in [2.45, 2.75) is 32.7 Å². The molecule has 0 radical (unpaired) electrons. The minimum absolute atomic E-state index is 0.0487. The van der Waals surface area contributed by atoms with Crippen LogP contribution in [0.15, 0.2) is 0 Å². The second kappa shape index (κ2) is 5.10. The van der Waals surface area contributed by atoms with Crippen LogP contribution < -0.4 is 5.73 Å². The van der Waals surface area contributed by atoms with Crippen molar-refractivity contribution in [2.24, 2.45) is 5.73 Å². The molecule has 2 N–H and O–H groups in total. The first kappa shape index (κ1) is 12.0. The van der Waals surface area contributed by atoms with Crippen molar-refractivity contribution in [2.75, 3.05) is 39.3 Å². The Morgan fingerprint density at radius 2 is 1.57 bits per heavy atom. The molecule has 3 nitrogen and oxygen atoms in total. The fraction of sp³-hybridized carbons (Fsp3) is 1.00. The van der Waals surface area contributed by atoms with Gasteiger partial charge < -0.3 is 10.6 Å². The van der Waals surface area contributed by atoms with Crippen LogP contribution in [0.1, 0.15) is 27.2 Å². The topological polar surface area (TPSA) is 32.5 Å². The largest absolute Gasteiger partial charge is 0.324 e. The first-order valence-electron chi connectivity index (χ1n) is 5.75. The molecule has 1 rings (SSSR count). The predicted molar refractivity (Wildman–Crippen MR) is 61.4 cm³/mol. The van der Waals surface area contributed by atoms with Crippen molar-refractivity contribution < 1.29 is 0 Å². The van der Waals surface area contributed by atoms with Gasteiger partial charge in [0.2, 0.25) is 0 Å². The molecule has 0 saturated carbocycles. The molecule has 0 aromatic rings. The summed E-state index contributed by atoms with van der Waals surface area (Å²) in [5.41, 5.74) is 5.96. The third-order valence-corrected chi connectivity index (χ3v) is 2.64. The maximum absolute atomic E-state index is 6.00. The van der Waals surface area contributed by atoms with Crippen molar-refractivity contribution in [3.05, 3.63) is 0 Å². The van der Waals surface area contributed by atoms with E-state index in [-0.39, 0.29) is 5.54 Å². The molecule has 0 unspecified atom stereocenters. The number of rotatable bonds is 4. The Balaban J connectivity index is 2.22. The van der Waals surface area contributed by atoms with Crippen LogP contribution in [0.4, 0.5) is 0 Å². The maximum atomic E-state index is 6.00. The molecule has 3 heteroatoms. The van der Waals surface area contributed by atoms with E-state index in [9.17, 15) is 0 Å². The molecule has 1 fully saturated rings. The lowest BCUT2D eigenvalue weighted by atomic mass is 10.1. The quantitative estimate of drug-likeness (QED) is 0.725. The second-order valence-electron chi connectivity index (χ2n) is 5.11. The molecule has 0 atom stereocenters. The Hall–Kier alpha value is -0.120. The van der Waals surface area contributed by atoms with Gasteiger partial charge in [0.05, 0.1) is 0 Å². The molecule has 84 valence electrons. The number of nitrogens with zero attached hydrogens (tertiary/aromatic N) is 2. The third-order valence-electron chi connectivity index (χ3n) is 2.64. The van der Waals surface area contributed by atoms with Crippen molar-refractivity contribution in [3.8, 4) is 0 Å². The summed E-state index contributed by atoms with van der Waals surface area (Å²) >= 11 is 0. The molecule has 1 aliphatic heterocycles. The van der Waals surface area contributed by atoms with Gasteiger partial charge in [-0.2, -0.15) is 0 Å². The van der Waals surface area contributed by atoms with Crippen LogP contribution in [0.2, 0.25) is 0 Å². The van der Waals surface area contributed by atoms with Crippen LogP contribution in [0, 0.1) is 0 Å². The number of hydrogen-bond donors (Lipinski definition) is 1. The summed E-state index contributed by atoms with van der Waals surface area (Å²) in [7, 11) is 0. The smallest absolute Gasteiger partial charge is 0.0226 e. The van der Waals surface area contributed by atoms with Crippen molar-refractivity contribution in [1.29, 1.82) is 0 Å². The normalized spacial score (nSPS) is 21.4. The monoisotopic (exact) mass is 199 g/mol. The van der Waals surface area contributed by atoms with Crippen molar-refractivity contribution in [1.82, 2.24) is 9.80 Å². The first-order chi connectivity index (χ1) is 6.51. The summed E-state index contributed by atoms with van der Waals surface area (Å²) in [4.78, 5) is 5.02. The van der Waals surface area contributed by atoms with E-state index in [1.165, 1.54) is 39.1 Å². The summed E-state index contributed by atoms with van der Waals surface area (Å²) in [5, 5.41) is 0. The Morgan fingerprint density at radius 1 is 1.07 bits per heavy atom. The Kier molecular flexibility index (Phi) is 4.35. The van der Waals surface area contributed by atoms with Gasteiger partial charge in [-0.15, -0.1) is 0 Å². The van der Waals surface area contributed by atoms with E-state index in [1.807, 2.05) is 0 Å². The first-order valence-corrected chi connectivity index (χ1v) is 5.75. The van der Waals surface area contributed by atoms with E-state index in [0.29, 0.717) is 0 Å². The van der Waals surface area contributed by atoms with Crippen molar-refractivity contribution in [3.63, 3.8) is 0 Å². The summed E-state index contributed by atoms with van der Waals surface area (Å²) < 4.78 is 0. The minimum atomic E-state index is -0.0487. The average molecular weight is 199 g/mol. The van der Waals surface area contributed by atoms with Gasteiger partial charge in [0, 0.05) is 38.3 Å². The van der Waals surface area contributed by atoms with E-state index in [1.54, 1.807) is 0 Å². The van der Waals surface area contributed by atoms with Gasteiger partial charge in [-0.25, -0.2) is 0 Å². The molecule has 1 heterocycles. The van der Waals surface area contributed by atoms with E-state index in [4.69, 9.17) is 5.73 Å². The van der Waals surface area contributed by atoms with Gasteiger partial charge in [0.15, 0.2) is 0 Å². The molecule has 0 spiro atoms. The van der Waals surface area contributed by atoms with Gasteiger partial charge in [-0.1, -0.05) is 6.92 Å². The molecule has 0 aromatic heterocycles. The zero-order valence-corrected chi connectivity index (χ0v) is 9.92. The summed E-state index contributed by atoms with van der Waals surface area (Å²) in [6, 6.07) is 0. The van der Waals surface area contributed by atoms with E-state index in [2.05, 4.69) is 30.6 Å². The van der Waals surface area contributed by atoms with Crippen LogP contribution in [-0.2, 0) is 0 Å². The predicted octanol–water partition coefficient (Wildman–Crippen LogP) is 0.751. The highest BCUT2D eigenvalue weighted by Gasteiger charge is 2.20. The molecule has 1 saturated heterocycles. The van der Waals surface area contributed by atoms with Gasteiger partial charge in [0.25, 0.3) is 0 Å². The Labute approximate surface area is 88.2 Å². The van der Waals surface area contributed by atoms with Crippen LogP contribution in [0.3, 0.4) is 0 Å². The lowest BCUT2D eigenvalue weighted by Crippen LogP contribution is -2.53. The lowest BCUT2D eigenvalue weighted by molar-refractivity contribution is 0.116. The highest BCUT2D eigenvalue weighted by Crippen LogP contribution is 2.06. The van der Waals surface area contributed by atoms with Gasteiger partial charge in [-0.3, -0.25) is 4.90 Å². The van der Waals surface area contributed by atoms with Crippen molar-refractivity contribution >= 4 is 0 Å². The minimum Gasteiger partial charge on any atom is -0.324 e. The molecule has 0 aliphatic carbocycles. The molecule has 0 amide bonds. The second-order valence-corrected chi connectivity index (χ2v) is 5.11. The molecular formula is C11H25N3. The molecular weight excluding hydrogens is 174 g/mol. The summed E-state index contributed by atoms with van der Waals surface area (Å²) in [6.07, 6.45) is 1.27. The summed E-state index contributed by atoms with van der Waals surface area (Å²) in [5.74, 6) is 0. The van der Waals surface area contributed by atoms with E-state index < -0.39 is 0 Å². The molecule has 0 bridgehead atoms. The van der Waals surface area contributed by atoms with Gasteiger partial charge >= 0.3 is 0 Å². The van der Waals surface area contributed by atoms with Gasteiger partial charge in [0.1, 0.15) is 0 Å². The maximum Gasteiger partial charge on any atom is 0.0226 e. The standard InChI is InChI=1S/C11H25N3/c1-4-5-13-6-8-14(9-7-13)10-11(2,3)12/h4-10,12H2,1-3H3. The fourth-order valence-corrected chi connectivity index (χ4v) is 2.06. The van der Waals surface area contributed by atoms with Crippen LogP contribution in [0.25, 0.3) is 0 Å². The summed E-state index contributed by atoms with van der Waals surface area (Å²) in [6.45, 7) is 13.5. The number of hydrogen-bond acceptors (Lipinski definition) is 3. The Bertz CT molecular complexity index is 154.